The molecule has 1 heterocycles. The van der Waals surface area contributed by atoms with E-state index in [0.717, 1.165) is 10.5 Å². The summed E-state index contributed by atoms with van der Waals surface area (Å²) in [5.74, 6) is -0.267. The van der Waals surface area contributed by atoms with Crippen LogP contribution in [0.2, 0.25) is 0 Å². The lowest BCUT2D eigenvalue weighted by Gasteiger charge is -2.03. The van der Waals surface area contributed by atoms with Crippen LogP contribution in [-0.2, 0) is 0 Å². The number of hydrogen-bond acceptors (Lipinski definition) is 3. The standard InChI is InChI=1S/C10H9N4O/c1-8-3-2-4-9(7-8)10(15)13-14-11-5-6-12-14/h2-7H,1H2,(H,13,15). The molecule has 5 nitrogen and oxygen atoms in total. The SMILES string of the molecule is [CH2]c1cccc(C(=O)Nn2nccn2)c1. The molecule has 0 bridgehead atoms. The molecule has 0 saturated heterocycles. The van der Waals surface area contributed by atoms with Crippen molar-refractivity contribution in [3.8, 4) is 0 Å². The van der Waals surface area contributed by atoms with Gasteiger partial charge < -0.3 is 0 Å². The number of nitrogens with one attached hydrogen (secondary N) is 1. The summed E-state index contributed by atoms with van der Waals surface area (Å²) in [6, 6.07) is 6.99. The quantitative estimate of drug-likeness (QED) is 0.783. The molecule has 0 aliphatic carbocycles. The van der Waals surface area contributed by atoms with Gasteiger partial charge in [0.05, 0.1) is 12.4 Å². The smallest absolute Gasteiger partial charge is 0.267 e. The van der Waals surface area contributed by atoms with E-state index in [1.807, 2.05) is 6.07 Å². The summed E-state index contributed by atoms with van der Waals surface area (Å²) in [6.07, 6.45) is 2.97. The molecule has 1 radical (unpaired) electrons. The minimum atomic E-state index is -0.267. The Kier molecular flexibility index (Phi) is 2.45. The second-order valence-corrected chi connectivity index (χ2v) is 2.96. The summed E-state index contributed by atoms with van der Waals surface area (Å²) in [4.78, 5) is 12.7. The van der Waals surface area contributed by atoms with Gasteiger partial charge in [0.1, 0.15) is 0 Å². The molecule has 1 aromatic carbocycles. The largest absolute Gasteiger partial charge is 0.272 e. The van der Waals surface area contributed by atoms with Crippen LogP contribution in [0.5, 0.6) is 0 Å². The summed E-state index contributed by atoms with van der Waals surface area (Å²) >= 11 is 0. The highest BCUT2D eigenvalue weighted by atomic mass is 16.2. The fourth-order valence-electron chi connectivity index (χ4n) is 1.14. The topological polar surface area (TPSA) is 59.8 Å². The van der Waals surface area contributed by atoms with E-state index < -0.39 is 0 Å². The van der Waals surface area contributed by atoms with Gasteiger partial charge in [-0.15, -0.1) is 10.2 Å². The highest BCUT2D eigenvalue weighted by molar-refractivity contribution is 5.99. The van der Waals surface area contributed by atoms with Crippen LogP contribution in [0.25, 0.3) is 0 Å². The zero-order valence-electron chi connectivity index (χ0n) is 7.92. The van der Waals surface area contributed by atoms with Crippen molar-refractivity contribution in [3.63, 3.8) is 0 Å². The first kappa shape index (κ1) is 9.39. The lowest BCUT2D eigenvalue weighted by molar-refractivity contribution is 0.100. The summed E-state index contributed by atoms with van der Waals surface area (Å²) in [5, 5.41) is 7.52. The van der Waals surface area contributed by atoms with Gasteiger partial charge in [-0.1, -0.05) is 17.0 Å². The van der Waals surface area contributed by atoms with Crippen LogP contribution in [0.3, 0.4) is 0 Å². The number of nitrogens with zero attached hydrogens (tertiary/aromatic N) is 3. The molecule has 0 spiro atoms. The Labute approximate surface area is 86.7 Å². The maximum Gasteiger partial charge on any atom is 0.272 e. The molecular weight excluding hydrogens is 192 g/mol. The molecule has 1 N–H and O–H groups in total. The minimum absolute atomic E-state index is 0.267. The Hall–Kier alpha value is -2.17. The summed E-state index contributed by atoms with van der Waals surface area (Å²) < 4.78 is 0. The van der Waals surface area contributed by atoms with Crippen LogP contribution >= 0.6 is 0 Å². The zero-order valence-corrected chi connectivity index (χ0v) is 7.92. The predicted molar refractivity (Wildman–Crippen MR) is 54.6 cm³/mol. The van der Waals surface area contributed by atoms with E-state index in [1.54, 1.807) is 18.2 Å². The fraction of sp³-hybridized carbons (Fsp3) is 0. The van der Waals surface area contributed by atoms with Gasteiger partial charge in [-0.25, -0.2) is 5.43 Å². The van der Waals surface area contributed by atoms with Crippen LogP contribution in [0, 0.1) is 6.92 Å². The Morgan fingerprint density at radius 1 is 1.33 bits per heavy atom. The third kappa shape index (κ3) is 2.19. The summed E-state index contributed by atoms with van der Waals surface area (Å²) in [7, 11) is 0. The highest BCUT2D eigenvalue weighted by Crippen LogP contribution is 2.03. The van der Waals surface area contributed by atoms with E-state index in [1.165, 1.54) is 12.4 Å². The molecule has 1 amide bonds. The normalized spacial score (nSPS) is 9.93. The van der Waals surface area contributed by atoms with Gasteiger partial charge in [-0.3, -0.25) is 4.79 Å². The van der Waals surface area contributed by atoms with Gasteiger partial charge in [0, 0.05) is 5.56 Å². The van der Waals surface area contributed by atoms with Gasteiger partial charge in [-0.05, 0) is 24.6 Å². The molecule has 5 heteroatoms. The molecule has 75 valence electrons. The van der Waals surface area contributed by atoms with Crippen molar-refractivity contribution in [1.82, 2.24) is 15.1 Å². The Bertz CT molecular complexity index is 464. The maximum absolute atomic E-state index is 11.6. The van der Waals surface area contributed by atoms with Crippen LogP contribution < -0.4 is 5.43 Å². The Morgan fingerprint density at radius 3 is 2.73 bits per heavy atom. The Balaban J connectivity index is 2.15. The third-order valence-corrected chi connectivity index (χ3v) is 1.81. The van der Waals surface area contributed by atoms with Gasteiger partial charge in [-0.2, -0.15) is 0 Å². The predicted octanol–water partition coefficient (Wildman–Crippen LogP) is 0.844. The van der Waals surface area contributed by atoms with E-state index in [9.17, 15) is 4.79 Å². The van der Waals surface area contributed by atoms with Crippen LogP contribution in [0.1, 0.15) is 15.9 Å². The van der Waals surface area contributed by atoms with Gasteiger partial charge >= 0.3 is 0 Å². The second kappa shape index (κ2) is 3.91. The molecule has 0 unspecified atom stereocenters. The molecule has 0 saturated carbocycles. The average Bonchev–Trinajstić information content (AvgIpc) is 2.70. The van der Waals surface area contributed by atoms with Gasteiger partial charge in [0.2, 0.25) is 0 Å². The van der Waals surface area contributed by atoms with E-state index in [2.05, 4.69) is 22.5 Å². The highest BCUT2D eigenvalue weighted by Gasteiger charge is 2.05. The number of benzene rings is 1. The molecule has 0 atom stereocenters. The monoisotopic (exact) mass is 201 g/mol. The Morgan fingerprint density at radius 2 is 2.07 bits per heavy atom. The average molecular weight is 201 g/mol. The molecule has 0 aliphatic rings. The number of carbonyl (C=O) groups excluding carboxylic acids is 1. The number of aromatic nitrogens is 3. The van der Waals surface area contributed by atoms with Crippen molar-refractivity contribution in [3.05, 3.63) is 54.7 Å². The fourth-order valence-corrected chi connectivity index (χ4v) is 1.14. The van der Waals surface area contributed by atoms with Crippen molar-refractivity contribution in [2.24, 2.45) is 0 Å². The van der Waals surface area contributed by atoms with Crippen molar-refractivity contribution < 1.29 is 4.79 Å². The van der Waals surface area contributed by atoms with Crippen molar-refractivity contribution in [2.75, 3.05) is 5.43 Å². The molecule has 2 aromatic rings. The lowest BCUT2D eigenvalue weighted by Crippen LogP contribution is -2.24. The molecule has 2 rings (SSSR count). The number of hydrogen-bond donors (Lipinski definition) is 1. The van der Waals surface area contributed by atoms with Gasteiger partial charge in [0.15, 0.2) is 0 Å². The zero-order chi connectivity index (χ0) is 10.7. The summed E-state index contributed by atoms with van der Waals surface area (Å²) in [5.41, 5.74) is 3.81. The molecular formula is C10H9N4O. The maximum atomic E-state index is 11.6. The molecule has 0 aliphatic heterocycles. The van der Waals surface area contributed by atoms with Crippen molar-refractivity contribution >= 4 is 5.91 Å². The summed E-state index contributed by atoms with van der Waals surface area (Å²) in [6.45, 7) is 3.74. The van der Waals surface area contributed by atoms with Crippen LogP contribution in [-0.4, -0.2) is 21.0 Å². The first-order chi connectivity index (χ1) is 7.25. The van der Waals surface area contributed by atoms with E-state index in [-0.39, 0.29) is 5.91 Å². The second-order valence-electron chi connectivity index (χ2n) is 2.96. The number of rotatable bonds is 2. The van der Waals surface area contributed by atoms with Crippen molar-refractivity contribution in [2.45, 2.75) is 0 Å². The lowest BCUT2D eigenvalue weighted by atomic mass is 10.1. The molecule has 1 aromatic heterocycles. The molecule has 15 heavy (non-hydrogen) atoms. The first-order valence-electron chi connectivity index (χ1n) is 4.35. The third-order valence-electron chi connectivity index (χ3n) is 1.81. The van der Waals surface area contributed by atoms with Crippen molar-refractivity contribution in [1.29, 1.82) is 0 Å². The first-order valence-corrected chi connectivity index (χ1v) is 4.35. The van der Waals surface area contributed by atoms with E-state index >= 15 is 0 Å². The number of amides is 1. The van der Waals surface area contributed by atoms with Gasteiger partial charge in [0.25, 0.3) is 5.91 Å². The molecule has 0 fully saturated rings. The van der Waals surface area contributed by atoms with Crippen LogP contribution in [0.4, 0.5) is 0 Å². The van der Waals surface area contributed by atoms with E-state index in [4.69, 9.17) is 0 Å². The van der Waals surface area contributed by atoms with Crippen LogP contribution in [0.15, 0.2) is 36.7 Å². The van der Waals surface area contributed by atoms with E-state index in [0.29, 0.717) is 5.56 Å². The number of carbonyl (C=O) groups is 1. The minimum Gasteiger partial charge on any atom is -0.267 e.